The maximum Gasteiger partial charge on any atom is 0.311 e. The van der Waals surface area contributed by atoms with E-state index < -0.39 is 10.0 Å². The molecule has 0 unspecified atom stereocenters. The molecular formula is C21H26N4O4S+. The maximum atomic E-state index is 13.0. The Morgan fingerprint density at radius 2 is 1.67 bits per heavy atom. The van der Waals surface area contributed by atoms with Crippen LogP contribution in [0.3, 0.4) is 0 Å². The van der Waals surface area contributed by atoms with Crippen LogP contribution < -0.4 is 10.6 Å². The summed E-state index contributed by atoms with van der Waals surface area (Å²) in [6.45, 7) is 0.632. The molecule has 1 fully saturated rings. The van der Waals surface area contributed by atoms with Gasteiger partial charge in [-0.3, -0.25) is 4.79 Å². The molecule has 0 atom stereocenters. The summed E-state index contributed by atoms with van der Waals surface area (Å²) in [6, 6.07) is 15.3. The lowest BCUT2D eigenvalue weighted by molar-refractivity contribution is -0.477. The third kappa shape index (κ3) is 5.43. The fourth-order valence-electron chi connectivity index (χ4n) is 3.55. The number of hydrogen-bond acceptors (Lipinski definition) is 4. The summed E-state index contributed by atoms with van der Waals surface area (Å²) in [4.78, 5) is 25.9. The monoisotopic (exact) mass is 430 g/mol. The Morgan fingerprint density at radius 3 is 2.33 bits per heavy atom. The van der Waals surface area contributed by atoms with Crippen LogP contribution in [-0.4, -0.2) is 37.2 Å². The number of hydrogen-bond donors (Lipinski definition) is 2. The van der Waals surface area contributed by atoms with Gasteiger partial charge >= 0.3 is 5.69 Å². The molecule has 0 heterocycles. The largest absolute Gasteiger partial charge is 0.337 e. The Bertz CT molecular complexity index is 989. The first-order valence-corrected chi connectivity index (χ1v) is 11.4. The van der Waals surface area contributed by atoms with Gasteiger partial charge in [-0.15, -0.1) is 0 Å². The van der Waals surface area contributed by atoms with Crippen molar-refractivity contribution in [3.05, 3.63) is 71.0 Å². The lowest BCUT2D eigenvalue weighted by atomic mass is 10.1. The predicted molar refractivity (Wildman–Crippen MR) is 113 cm³/mol. The zero-order valence-electron chi connectivity index (χ0n) is 16.7. The van der Waals surface area contributed by atoms with Crippen LogP contribution in [0.4, 0.5) is 5.69 Å². The number of carbonyl (C=O) groups is 1. The maximum absolute atomic E-state index is 13.0. The van der Waals surface area contributed by atoms with Crippen molar-refractivity contribution in [2.45, 2.75) is 37.1 Å². The van der Waals surface area contributed by atoms with E-state index in [-0.39, 0.29) is 34.4 Å². The summed E-state index contributed by atoms with van der Waals surface area (Å²) in [5.74, 6) is 6.08. The number of nitroso groups, excluding NO2 is 1. The van der Waals surface area contributed by atoms with Crippen LogP contribution in [0.25, 0.3) is 0 Å². The number of nitrogens with zero attached hydrogens (tertiary/aromatic N) is 2. The SMILES string of the molecule is N[N+](=O)c1ccccc1S(=O)(=O)NCCN(Cc1ccccc1)C(=O)[C]1CCCC1. The molecule has 0 spiro atoms. The van der Waals surface area contributed by atoms with Gasteiger partial charge in [0.05, 0.1) is 10.8 Å². The summed E-state index contributed by atoms with van der Waals surface area (Å²) in [6.07, 6.45) is 3.60. The van der Waals surface area contributed by atoms with Gasteiger partial charge in [-0.25, -0.2) is 13.1 Å². The van der Waals surface area contributed by atoms with Crippen molar-refractivity contribution in [1.82, 2.24) is 9.62 Å². The molecule has 1 aliphatic carbocycles. The smallest absolute Gasteiger partial charge is 0.311 e. The Labute approximate surface area is 176 Å². The van der Waals surface area contributed by atoms with Gasteiger partial charge in [-0.2, -0.15) is 5.84 Å². The second kappa shape index (κ2) is 9.82. The van der Waals surface area contributed by atoms with Gasteiger partial charge < -0.3 is 4.90 Å². The Kier molecular flexibility index (Phi) is 7.17. The minimum Gasteiger partial charge on any atom is -0.337 e. The Morgan fingerprint density at radius 1 is 1.03 bits per heavy atom. The minimum absolute atomic E-state index is 0.0198. The number of hydrazine groups is 1. The molecule has 0 bridgehead atoms. The number of amides is 1. The molecule has 0 saturated heterocycles. The van der Waals surface area contributed by atoms with Gasteiger partial charge in [-0.1, -0.05) is 55.3 Å². The average Bonchev–Trinajstić information content (AvgIpc) is 3.28. The molecule has 3 N–H and O–H groups in total. The van der Waals surface area contributed by atoms with Crippen molar-refractivity contribution in [2.75, 3.05) is 13.1 Å². The summed E-state index contributed by atoms with van der Waals surface area (Å²) in [5.41, 5.74) is 0.825. The number of benzene rings is 2. The van der Waals surface area contributed by atoms with E-state index in [1.54, 1.807) is 4.90 Å². The standard InChI is InChI=1S/C21H26N4O4S/c22-25(27)19-12-6-7-13-20(19)30(28,29)23-14-15-24(16-17-8-2-1-3-9-17)21(26)18-10-4-5-11-18/h1-3,6-9,12-13,23H,4-5,10-11,14-16H2,(H2,22,27)/q+1. The van der Waals surface area contributed by atoms with E-state index in [2.05, 4.69) is 4.72 Å². The molecule has 0 aliphatic heterocycles. The van der Waals surface area contributed by atoms with E-state index in [0.717, 1.165) is 37.2 Å². The van der Waals surface area contributed by atoms with Crippen LogP contribution in [0.5, 0.6) is 0 Å². The first-order chi connectivity index (χ1) is 14.4. The third-order valence-electron chi connectivity index (χ3n) is 5.08. The van der Waals surface area contributed by atoms with E-state index in [1.165, 1.54) is 24.3 Å². The number of sulfonamides is 1. The van der Waals surface area contributed by atoms with Crippen LogP contribution in [0.1, 0.15) is 31.2 Å². The highest BCUT2D eigenvalue weighted by Gasteiger charge is 2.29. The number of nitrogens with two attached hydrogens (primary N) is 1. The minimum atomic E-state index is -3.97. The fourth-order valence-corrected chi connectivity index (χ4v) is 4.76. The second-order valence-corrected chi connectivity index (χ2v) is 8.95. The van der Waals surface area contributed by atoms with Gasteiger partial charge in [-0.05, 0) is 24.5 Å². The molecule has 0 aromatic heterocycles. The highest BCUT2D eigenvalue weighted by Crippen LogP contribution is 2.29. The van der Waals surface area contributed by atoms with E-state index in [4.69, 9.17) is 5.84 Å². The summed E-state index contributed by atoms with van der Waals surface area (Å²) >= 11 is 0. The molecule has 1 aliphatic rings. The molecule has 1 radical (unpaired) electrons. The van der Waals surface area contributed by atoms with Gasteiger partial charge in [0.1, 0.15) is 0 Å². The summed E-state index contributed by atoms with van der Waals surface area (Å²) < 4.78 is 27.8. The molecule has 8 nitrogen and oxygen atoms in total. The van der Waals surface area contributed by atoms with Crippen LogP contribution in [0, 0.1) is 10.8 Å². The molecular weight excluding hydrogens is 404 g/mol. The van der Waals surface area contributed by atoms with Crippen LogP contribution in [-0.2, 0) is 21.4 Å². The zero-order chi connectivity index (χ0) is 21.6. The van der Waals surface area contributed by atoms with E-state index >= 15 is 0 Å². The van der Waals surface area contributed by atoms with Crippen LogP contribution in [0.15, 0.2) is 59.5 Å². The first kappa shape index (κ1) is 21.9. The van der Waals surface area contributed by atoms with Crippen LogP contribution in [0.2, 0.25) is 0 Å². The molecule has 1 amide bonds. The lowest BCUT2D eigenvalue weighted by Gasteiger charge is -2.25. The van der Waals surface area contributed by atoms with Crippen LogP contribution >= 0.6 is 0 Å². The van der Waals surface area contributed by atoms with Gasteiger partial charge in [0.25, 0.3) is 0 Å². The number of rotatable bonds is 9. The molecule has 2 aromatic carbocycles. The third-order valence-corrected chi connectivity index (χ3v) is 6.59. The second-order valence-electron chi connectivity index (χ2n) is 7.21. The van der Waals surface area contributed by atoms with Crippen molar-refractivity contribution in [2.24, 2.45) is 5.84 Å². The molecule has 2 aromatic rings. The van der Waals surface area contributed by atoms with Crippen molar-refractivity contribution >= 4 is 21.6 Å². The van der Waals surface area contributed by atoms with Crippen molar-refractivity contribution < 1.29 is 18.1 Å². The zero-order valence-corrected chi connectivity index (χ0v) is 17.5. The van der Waals surface area contributed by atoms with E-state index in [9.17, 15) is 18.1 Å². The topological polar surface area (TPSA) is 113 Å². The molecule has 159 valence electrons. The van der Waals surface area contributed by atoms with E-state index in [1.807, 2.05) is 30.3 Å². The number of nitrogens with one attached hydrogen (secondary N) is 1. The summed E-state index contributed by atoms with van der Waals surface area (Å²) in [5, 5.41) is 0. The van der Waals surface area contributed by atoms with Gasteiger partial charge in [0.15, 0.2) is 9.76 Å². The highest BCUT2D eigenvalue weighted by atomic mass is 32.2. The summed E-state index contributed by atoms with van der Waals surface area (Å²) in [7, 11) is -3.97. The molecule has 30 heavy (non-hydrogen) atoms. The highest BCUT2D eigenvalue weighted by molar-refractivity contribution is 7.89. The van der Waals surface area contributed by atoms with Crippen molar-refractivity contribution in [1.29, 1.82) is 0 Å². The molecule has 3 rings (SSSR count). The van der Waals surface area contributed by atoms with Crippen molar-refractivity contribution in [3.63, 3.8) is 0 Å². The number of para-hydroxylation sites is 1. The quantitative estimate of drug-likeness (QED) is 0.360. The fraction of sp³-hybridized carbons (Fsp3) is 0.333. The lowest BCUT2D eigenvalue weighted by Crippen LogP contribution is -2.40. The first-order valence-electron chi connectivity index (χ1n) is 9.87. The Hall–Kier alpha value is -2.78. The van der Waals surface area contributed by atoms with Crippen molar-refractivity contribution in [3.8, 4) is 0 Å². The van der Waals surface area contributed by atoms with Gasteiger partial charge in [0.2, 0.25) is 15.9 Å². The predicted octanol–water partition coefficient (Wildman–Crippen LogP) is 2.43. The molecule has 1 saturated carbocycles. The van der Waals surface area contributed by atoms with Gasteiger partial charge in [0, 0.05) is 25.7 Å². The molecule has 9 heteroatoms. The number of carbonyl (C=O) groups excluding carboxylic acids is 1. The van der Waals surface area contributed by atoms with E-state index in [0.29, 0.717) is 6.54 Å². The average molecular weight is 431 g/mol. The Balaban J connectivity index is 1.70. The normalized spacial score (nSPS) is 14.5.